The van der Waals surface area contributed by atoms with Gasteiger partial charge in [0, 0.05) is 30.6 Å². The molecule has 2 heterocycles. The van der Waals surface area contributed by atoms with Gasteiger partial charge in [0.25, 0.3) is 0 Å². The van der Waals surface area contributed by atoms with Crippen molar-refractivity contribution < 1.29 is 0 Å². The third-order valence-corrected chi connectivity index (χ3v) is 3.09. The maximum absolute atomic E-state index is 2.28. The summed E-state index contributed by atoms with van der Waals surface area (Å²) in [5.74, 6) is 0.729. The van der Waals surface area contributed by atoms with Crippen molar-refractivity contribution in [1.82, 2.24) is 10.0 Å². The van der Waals surface area contributed by atoms with Crippen LogP contribution in [0.4, 0.5) is 0 Å². The summed E-state index contributed by atoms with van der Waals surface area (Å²) in [6.07, 6.45) is 17.6. The normalized spacial score (nSPS) is 28.6. The fourth-order valence-electron chi connectivity index (χ4n) is 2.34. The Bertz CT molecular complexity index is 349. The molecule has 0 aromatic heterocycles. The number of hydrogen-bond acceptors (Lipinski definition) is 2. The fourth-order valence-corrected chi connectivity index (χ4v) is 2.34. The molecule has 1 fully saturated rings. The Labute approximate surface area is 84.5 Å². The van der Waals surface area contributed by atoms with Gasteiger partial charge in [0.05, 0.1) is 0 Å². The summed E-state index contributed by atoms with van der Waals surface area (Å²) < 4.78 is 0. The average Bonchev–Trinajstić information content (AvgIpc) is 2.29. The Balaban J connectivity index is 1.95. The van der Waals surface area contributed by atoms with Crippen LogP contribution in [0.5, 0.6) is 0 Å². The lowest BCUT2D eigenvalue weighted by atomic mass is 9.91. The molecule has 72 valence electrons. The van der Waals surface area contributed by atoms with Gasteiger partial charge in [-0.05, 0) is 31.1 Å². The van der Waals surface area contributed by atoms with Crippen LogP contribution >= 0.6 is 0 Å². The molecular formula is C12H14N2. The molecule has 0 radical (unpaired) electrons. The summed E-state index contributed by atoms with van der Waals surface area (Å²) in [6, 6.07) is 0. The van der Waals surface area contributed by atoms with Gasteiger partial charge in [0.15, 0.2) is 0 Å². The summed E-state index contributed by atoms with van der Waals surface area (Å²) in [6.45, 7) is 1.14. The zero-order valence-corrected chi connectivity index (χ0v) is 8.13. The molecule has 0 amide bonds. The second kappa shape index (κ2) is 3.05. The molecule has 2 nitrogen and oxygen atoms in total. The highest BCUT2D eigenvalue weighted by molar-refractivity contribution is 5.25. The molecule has 3 aliphatic rings. The van der Waals surface area contributed by atoms with E-state index >= 15 is 0 Å². The summed E-state index contributed by atoms with van der Waals surface area (Å²) in [5.41, 5.74) is 1.44. The lowest BCUT2D eigenvalue weighted by Gasteiger charge is -2.44. The number of hydrazine groups is 1. The van der Waals surface area contributed by atoms with E-state index in [-0.39, 0.29) is 0 Å². The first-order chi connectivity index (χ1) is 6.95. The minimum Gasteiger partial charge on any atom is -0.289 e. The van der Waals surface area contributed by atoms with Crippen molar-refractivity contribution in [1.29, 1.82) is 0 Å². The van der Waals surface area contributed by atoms with E-state index in [0.29, 0.717) is 0 Å². The van der Waals surface area contributed by atoms with Crippen LogP contribution in [0, 0.1) is 5.92 Å². The molecule has 1 aliphatic carbocycles. The number of nitrogens with zero attached hydrogens (tertiary/aromatic N) is 2. The first kappa shape index (κ1) is 7.92. The van der Waals surface area contributed by atoms with E-state index in [1.807, 2.05) is 0 Å². The minimum absolute atomic E-state index is 0.729. The van der Waals surface area contributed by atoms with Crippen molar-refractivity contribution in [3.05, 3.63) is 48.5 Å². The molecule has 3 rings (SSSR count). The molecule has 2 aliphatic heterocycles. The van der Waals surface area contributed by atoms with Crippen LogP contribution in [0.25, 0.3) is 0 Å². The summed E-state index contributed by atoms with van der Waals surface area (Å²) >= 11 is 0. The Morgan fingerprint density at radius 3 is 3.07 bits per heavy atom. The first-order valence-corrected chi connectivity index (χ1v) is 5.22. The Morgan fingerprint density at radius 1 is 1.14 bits per heavy atom. The second-order valence-corrected chi connectivity index (χ2v) is 3.93. The van der Waals surface area contributed by atoms with Gasteiger partial charge in [-0.2, -0.15) is 0 Å². The number of fused-ring (bicyclic) bond motifs is 3. The zero-order chi connectivity index (χ0) is 9.38. The van der Waals surface area contributed by atoms with Gasteiger partial charge in [-0.15, -0.1) is 0 Å². The Morgan fingerprint density at radius 2 is 2.07 bits per heavy atom. The largest absolute Gasteiger partial charge is 0.289 e. The Hall–Kier alpha value is -1.44. The number of rotatable bonds is 0. The van der Waals surface area contributed by atoms with Gasteiger partial charge < -0.3 is 0 Å². The standard InChI is InChI=1S/C12H14N2/c1-2-6-12-11(5-1)7-10-13-8-3-4-9-14(12)13/h1-4,6,8-9,11H,5,7,10H2. The molecule has 0 spiro atoms. The molecule has 2 heteroatoms. The minimum atomic E-state index is 0.729. The molecule has 0 bridgehead atoms. The maximum atomic E-state index is 2.28. The molecule has 1 unspecified atom stereocenters. The fraction of sp³-hybridized carbons (Fsp3) is 0.333. The zero-order valence-electron chi connectivity index (χ0n) is 8.13. The van der Waals surface area contributed by atoms with Gasteiger partial charge in [-0.25, -0.2) is 0 Å². The van der Waals surface area contributed by atoms with Crippen molar-refractivity contribution in [2.45, 2.75) is 12.8 Å². The SMILES string of the molecule is C1=CCC2CCN3C=CC=CN3C2=C1. The van der Waals surface area contributed by atoms with Crippen molar-refractivity contribution >= 4 is 0 Å². The second-order valence-electron chi connectivity index (χ2n) is 3.93. The predicted octanol–water partition coefficient (Wildman–Crippen LogP) is 2.41. The number of hydrogen-bond donors (Lipinski definition) is 0. The van der Waals surface area contributed by atoms with E-state index in [0.717, 1.165) is 12.5 Å². The lowest BCUT2D eigenvalue weighted by molar-refractivity contribution is 0.0575. The molecule has 0 aromatic rings. The van der Waals surface area contributed by atoms with Crippen LogP contribution in [0.3, 0.4) is 0 Å². The van der Waals surface area contributed by atoms with E-state index in [1.54, 1.807) is 0 Å². The van der Waals surface area contributed by atoms with Crippen molar-refractivity contribution in [3.63, 3.8) is 0 Å². The van der Waals surface area contributed by atoms with Crippen LogP contribution in [0.2, 0.25) is 0 Å². The van der Waals surface area contributed by atoms with E-state index in [4.69, 9.17) is 0 Å². The van der Waals surface area contributed by atoms with Crippen LogP contribution in [0.1, 0.15) is 12.8 Å². The van der Waals surface area contributed by atoms with Crippen LogP contribution < -0.4 is 0 Å². The molecule has 14 heavy (non-hydrogen) atoms. The van der Waals surface area contributed by atoms with Gasteiger partial charge >= 0.3 is 0 Å². The van der Waals surface area contributed by atoms with Crippen LogP contribution in [-0.2, 0) is 0 Å². The predicted molar refractivity (Wildman–Crippen MR) is 56.8 cm³/mol. The van der Waals surface area contributed by atoms with Crippen molar-refractivity contribution in [2.24, 2.45) is 5.92 Å². The average molecular weight is 186 g/mol. The molecular weight excluding hydrogens is 172 g/mol. The third kappa shape index (κ3) is 1.10. The highest BCUT2D eigenvalue weighted by atomic mass is 15.6. The van der Waals surface area contributed by atoms with E-state index in [9.17, 15) is 0 Å². The summed E-state index contributed by atoms with van der Waals surface area (Å²) in [4.78, 5) is 0. The molecule has 0 N–H and O–H groups in total. The highest BCUT2D eigenvalue weighted by Crippen LogP contribution is 2.33. The van der Waals surface area contributed by atoms with E-state index in [1.165, 1.54) is 18.5 Å². The Kier molecular flexibility index (Phi) is 1.72. The summed E-state index contributed by atoms with van der Waals surface area (Å²) in [5, 5.41) is 4.55. The van der Waals surface area contributed by atoms with Crippen molar-refractivity contribution in [2.75, 3.05) is 6.54 Å². The van der Waals surface area contributed by atoms with Gasteiger partial charge in [-0.1, -0.05) is 12.2 Å². The van der Waals surface area contributed by atoms with Crippen LogP contribution in [0.15, 0.2) is 48.5 Å². The monoisotopic (exact) mass is 186 g/mol. The third-order valence-electron chi connectivity index (χ3n) is 3.09. The maximum Gasteiger partial charge on any atom is 0.0434 e. The van der Waals surface area contributed by atoms with Gasteiger partial charge in [-0.3, -0.25) is 10.0 Å². The lowest BCUT2D eigenvalue weighted by Crippen LogP contribution is -2.43. The molecule has 1 saturated heterocycles. The molecule has 1 atom stereocenters. The number of allylic oxidation sites excluding steroid dienone is 6. The van der Waals surface area contributed by atoms with Gasteiger partial charge in [0.1, 0.15) is 0 Å². The topological polar surface area (TPSA) is 6.48 Å². The highest BCUT2D eigenvalue weighted by Gasteiger charge is 2.28. The molecule has 0 aromatic carbocycles. The van der Waals surface area contributed by atoms with Crippen molar-refractivity contribution in [3.8, 4) is 0 Å². The first-order valence-electron chi connectivity index (χ1n) is 5.22. The smallest absolute Gasteiger partial charge is 0.0434 e. The quantitative estimate of drug-likeness (QED) is 0.573. The van der Waals surface area contributed by atoms with Crippen LogP contribution in [-0.4, -0.2) is 16.6 Å². The van der Waals surface area contributed by atoms with E-state index < -0.39 is 0 Å². The molecule has 0 saturated carbocycles. The van der Waals surface area contributed by atoms with Gasteiger partial charge in [0.2, 0.25) is 0 Å². The summed E-state index contributed by atoms with van der Waals surface area (Å²) in [7, 11) is 0. The van der Waals surface area contributed by atoms with E-state index in [2.05, 4.69) is 52.8 Å².